The van der Waals surface area contributed by atoms with Crippen molar-refractivity contribution in [3.63, 3.8) is 0 Å². The third-order valence-corrected chi connectivity index (χ3v) is 6.30. The van der Waals surface area contributed by atoms with E-state index in [1.165, 1.54) is 0 Å². The SMILES string of the molecule is CC(C)(C)OC(=O)N[C@H](CCC[C@H](NC(=O)OCC1c2ccccc2-c2ccccc21)C(=O)O)C(=O)OC(C)(C)C. The number of nitrogens with one attached hydrogen (secondary N) is 2. The summed E-state index contributed by atoms with van der Waals surface area (Å²) in [6.07, 6.45) is -1.39. The largest absolute Gasteiger partial charge is 0.480 e. The molecule has 1 aliphatic carbocycles. The molecule has 0 radical (unpaired) electrons. The number of carboxylic acid groups (broad SMARTS) is 1. The maximum absolute atomic E-state index is 12.7. The zero-order valence-electron chi connectivity index (χ0n) is 24.5. The monoisotopic (exact) mass is 568 g/mol. The van der Waals surface area contributed by atoms with E-state index in [2.05, 4.69) is 10.6 Å². The quantitative estimate of drug-likeness (QED) is 0.256. The predicted octanol–water partition coefficient (Wildman–Crippen LogP) is 5.38. The minimum absolute atomic E-state index is 0.00513. The summed E-state index contributed by atoms with van der Waals surface area (Å²) in [7, 11) is 0. The number of benzene rings is 2. The van der Waals surface area contributed by atoms with Crippen LogP contribution in [0.4, 0.5) is 9.59 Å². The summed E-state index contributed by atoms with van der Waals surface area (Å²) < 4.78 is 16.1. The van der Waals surface area contributed by atoms with E-state index in [4.69, 9.17) is 14.2 Å². The Morgan fingerprint density at radius 3 is 1.76 bits per heavy atom. The van der Waals surface area contributed by atoms with E-state index in [1.54, 1.807) is 41.5 Å². The van der Waals surface area contributed by atoms with Gasteiger partial charge in [-0.15, -0.1) is 0 Å². The van der Waals surface area contributed by atoms with Crippen LogP contribution in [-0.2, 0) is 23.8 Å². The van der Waals surface area contributed by atoms with Crippen LogP contribution >= 0.6 is 0 Å². The molecule has 0 bridgehead atoms. The number of amides is 2. The van der Waals surface area contributed by atoms with Crippen molar-refractivity contribution in [3.05, 3.63) is 59.7 Å². The van der Waals surface area contributed by atoms with Gasteiger partial charge in [0.25, 0.3) is 0 Å². The van der Waals surface area contributed by atoms with Crippen molar-refractivity contribution in [3.8, 4) is 11.1 Å². The lowest BCUT2D eigenvalue weighted by atomic mass is 9.98. The Morgan fingerprint density at radius 2 is 1.24 bits per heavy atom. The van der Waals surface area contributed by atoms with Crippen LogP contribution in [0.3, 0.4) is 0 Å². The number of aliphatic carboxylic acids is 1. The average molecular weight is 569 g/mol. The van der Waals surface area contributed by atoms with Gasteiger partial charge in [0.15, 0.2) is 0 Å². The first-order valence-electron chi connectivity index (χ1n) is 13.7. The van der Waals surface area contributed by atoms with Crippen molar-refractivity contribution in [1.82, 2.24) is 10.6 Å². The third kappa shape index (κ3) is 9.23. The van der Waals surface area contributed by atoms with Crippen molar-refractivity contribution in [2.75, 3.05) is 6.61 Å². The Morgan fingerprint density at radius 1 is 0.756 bits per heavy atom. The number of hydrogen-bond donors (Lipinski definition) is 3. The van der Waals surface area contributed by atoms with Crippen molar-refractivity contribution in [1.29, 1.82) is 0 Å². The molecule has 0 spiro atoms. The fraction of sp³-hybridized carbons (Fsp3) is 0.484. The molecule has 2 aromatic rings. The van der Waals surface area contributed by atoms with E-state index < -0.39 is 47.4 Å². The molecular weight excluding hydrogens is 528 g/mol. The highest BCUT2D eigenvalue weighted by atomic mass is 16.6. The van der Waals surface area contributed by atoms with Crippen LogP contribution < -0.4 is 10.6 Å². The highest BCUT2D eigenvalue weighted by molar-refractivity contribution is 5.82. The number of carbonyl (C=O) groups excluding carboxylic acids is 3. The fourth-order valence-electron chi connectivity index (χ4n) is 4.64. The van der Waals surface area contributed by atoms with Gasteiger partial charge in [0.05, 0.1) is 0 Å². The molecule has 0 unspecified atom stereocenters. The molecule has 3 rings (SSSR count). The van der Waals surface area contributed by atoms with Crippen LogP contribution in [0.15, 0.2) is 48.5 Å². The van der Waals surface area contributed by atoms with Crippen LogP contribution in [0.5, 0.6) is 0 Å². The molecule has 0 saturated heterocycles. The van der Waals surface area contributed by atoms with Gasteiger partial charge in [0.1, 0.15) is 29.9 Å². The van der Waals surface area contributed by atoms with Gasteiger partial charge < -0.3 is 30.0 Å². The van der Waals surface area contributed by atoms with Crippen LogP contribution in [0.25, 0.3) is 11.1 Å². The second-order valence-electron chi connectivity index (χ2n) is 12.0. The maximum Gasteiger partial charge on any atom is 0.408 e. The smallest absolute Gasteiger partial charge is 0.408 e. The van der Waals surface area contributed by atoms with Gasteiger partial charge in [-0.25, -0.2) is 19.2 Å². The molecular formula is C31H40N2O8. The summed E-state index contributed by atoms with van der Waals surface area (Å²) in [6, 6.07) is 13.5. The van der Waals surface area contributed by atoms with Gasteiger partial charge >= 0.3 is 24.1 Å². The molecule has 1 aliphatic rings. The molecule has 2 amide bonds. The number of carboxylic acids is 1. The molecule has 0 heterocycles. The fourth-order valence-corrected chi connectivity index (χ4v) is 4.64. The summed E-state index contributed by atoms with van der Waals surface area (Å²) >= 11 is 0. The number of hydrogen-bond acceptors (Lipinski definition) is 7. The Bertz CT molecular complexity index is 1220. The molecule has 0 saturated carbocycles. The lowest BCUT2D eigenvalue weighted by Gasteiger charge is -2.26. The normalized spacial score (nSPS) is 14.2. The minimum atomic E-state index is -1.26. The summed E-state index contributed by atoms with van der Waals surface area (Å²) in [5, 5.41) is 14.6. The number of fused-ring (bicyclic) bond motifs is 3. The first-order valence-corrected chi connectivity index (χ1v) is 13.7. The number of carbonyl (C=O) groups is 4. The molecule has 222 valence electrons. The first-order chi connectivity index (χ1) is 19.1. The lowest BCUT2D eigenvalue weighted by molar-refractivity contribution is -0.157. The standard InChI is InChI=1S/C31H40N2O8/c1-30(2,3)40-27(36)25(33-29(38)41-31(4,5)6)17-11-16-24(26(34)35)32-28(37)39-18-23-21-14-9-7-12-19(21)20-13-8-10-15-22(20)23/h7-10,12-15,23-25H,11,16-18H2,1-6H3,(H,32,37)(H,33,38)(H,34,35)/t24-,25+/m0/s1. The number of esters is 1. The van der Waals surface area contributed by atoms with Crippen molar-refractivity contribution >= 4 is 24.1 Å². The van der Waals surface area contributed by atoms with E-state index in [1.807, 2.05) is 48.5 Å². The number of rotatable bonds is 10. The summed E-state index contributed by atoms with van der Waals surface area (Å²) in [6.45, 7) is 10.2. The lowest BCUT2D eigenvalue weighted by Crippen LogP contribution is -2.46. The Hall–Kier alpha value is -4.08. The van der Waals surface area contributed by atoms with Crippen LogP contribution in [-0.4, -0.2) is 59.1 Å². The highest BCUT2D eigenvalue weighted by Crippen LogP contribution is 2.44. The van der Waals surface area contributed by atoms with Gasteiger partial charge in [-0.1, -0.05) is 48.5 Å². The number of alkyl carbamates (subject to hydrolysis) is 2. The Balaban J connectivity index is 1.58. The molecule has 2 aromatic carbocycles. The topological polar surface area (TPSA) is 140 Å². The first kappa shape index (κ1) is 31.4. The zero-order valence-corrected chi connectivity index (χ0v) is 24.5. The molecule has 10 nitrogen and oxygen atoms in total. The Kier molecular flexibility index (Phi) is 10.0. The second-order valence-corrected chi connectivity index (χ2v) is 12.0. The van der Waals surface area contributed by atoms with Gasteiger partial charge in [-0.05, 0) is 83.1 Å². The maximum atomic E-state index is 12.7. The third-order valence-electron chi connectivity index (χ3n) is 6.30. The highest BCUT2D eigenvalue weighted by Gasteiger charge is 2.31. The van der Waals surface area contributed by atoms with Gasteiger partial charge in [-0.3, -0.25) is 0 Å². The van der Waals surface area contributed by atoms with E-state index in [0.717, 1.165) is 22.3 Å². The summed E-state index contributed by atoms with van der Waals surface area (Å²) in [4.78, 5) is 49.6. The van der Waals surface area contributed by atoms with Gasteiger partial charge in [-0.2, -0.15) is 0 Å². The molecule has 0 fully saturated rings. The second kappa shape index (κ2) is 13.1. The van der Waals surface area contributed by atoms with Crippen molar-refractivity contribution in [2.24, 2.45) is 0 Å². The molecule has 0 aromatic heterocycles. The van der Waals surface area contributed by atoms with Crippen molar-refractivity contribution < 1.29 is 38.5 Å². The molecule has 41 heavy (non-hydrogen) atoms. The van der Waals surface area contributed by atoms with E-state index in [-0.39, 0.29) is 31.8 Å². The average Bonchev–Trinajstić information content (AvgIpc) is 3.17. The van der Waals surface area contributed by atoms with Gasteiger partial charge in [0.2, 0.25) is 0 Å². The van der Waals surface area contributed by atoms with Crippen LogP contribution in [0, 0.1) is 0 Å². The van der Waals surface area contributed by atoms with E-state index in [9.17, 15) is 24.3 Å². The predicted molar refractivity (Wildman–Crippen MR) is 152 cm³/mol. The van der Waals surface area contributed by atoms with E-state index >= 15 is 0 Å². The molecule has 2 atom stereocenters. The zero-order chi connectivity index (χ0) is 30.4. The number of ether oxygens (including phenoxy) is 3. The summed E-state index contributed by atoms with van der Waals surface area (Å²) in [5.74, 6) is -2.07. The van der Waals surface area contributed by atoms with Gasteiger partial charge in [0, 0.05) is 5.92 Å². The Labute approximate surface area is 240 Å². The molecule has 0 aliphatic heterocycles. The molecule has 10 heteroatoms. The molecule has 3 N–H and O–H groups in total. The van der Waals surface area contributed by atoms with Crippen molar-refractivity contribution in [2.45, 2.75) is 90.0 Å². The summed E-state index contributed by atoms with van der Waals surface area (Å²) in [5.41, 5.74) is 2.69. The minimum Gasteiger partial charge on any atom is -0.480 e. The van der Waals surface area contributed by atoms with Crippen LogP contribution in [0.1, 0.15) is 77.8 Å². The van der Waals surface area contributed by atoms with E-state index in [0.29, 0.717) is 0 Å². The van der Waals surface area contributed by atoms with Crippen LogP contribution in [0.2, 0.25) is 0 Å².